The van der Waals surface area contributed by atoms with E-state index in [9.17, 15) is 9.59 Å². The topological polar surface area (TPSA) is 73.5 Å². The Morgan fingerprint density at radius 1 is 1.15 bits per heavy atom. The van der Waals surface area contributed by atoms with E-state index in [4.69, 9.17) is 9.15 Å². The van der Waals surface area contributed by atoms with Crippen LogP contribution < -0.4 is 5.32 Å². The van der Waals surface area contributed by atoms with Crippen LogP contribution in [0.15, 0.2) is 47.1 Å². The molecule has 1 aliphatic rings. The minimum Gasteiger partial charge on any atom is -0.463 e. The first-order chi connectivity index (χ1) is 16.0. The van der Waals surface area contributed by atoms with Gasteiger partial charge in [0.05, 0.1) is 24.0 Å². The van der Waals surface area contributed by atoms with Gasteiger partial charge in [-0.1, -0.05) is 29.8 Å². The standard InChI is InChI=1S/C26H26N2O4S/c1-3-31-26(30)23-18-6-4-5-7-22(18)33-25(23)27-24(29)20-14-21-19(12-13-32-21)28(20)15-17-10-8-16(2)9-11-17/h8-14H,3-7,15H2,1-2H3,(H,27,29). The van der Waals surface area contributed by atoms with Gasteiger partial charge in [0.25, 0.3) is 5.91 Å². The van der Waals surface area contributed by atoms with Crippen molar-refractivity contribution in [1.29, 1.82) is 0 Å². The molecule has 1 aliphatic carbocycles. The molecule has 0 saturated carbocycles. The molecule has 6 nitrogen and oxygen atoms in total. The summed E-state index contributed by atoms with van der Waals surface area (Å²) < 4.78 is 12.9. The molecular formula is C26H26N2O4S. The molecule has 1 aromatic carbocycles. The summed E-state index contributed by atoms with van der Waals surface area (Å²) >= 11 is 1.49. The Bertz CT molecular complexity index is 1330. The number of esters is 1. The van der Waals surface area contributed by atoms with E-state index in [0.717, 1.165) is 42.3 Å². The summed E-state index contributed by atoms with van der Waals surface area (Å²) in [6, 6.07) is 11.9. The fraction of sp³-hybridized carbons (Fsp3) is 0.308. The molecule has 3 aromatic heterocycles. The van der Waals surface area contributed by atoms with Gasteiger partial charge in [-0.05, 0) is 50.7 Å². The van der Waals surface area contributed by atoms with E-state index in [1.807, 2.05) is 17.6 Å². The lowest BCUT2D eigenvalue weighted by atomic mass is 9.95. The van der Waals surface area contributed by atoms with Crippen LogP contribution in [0.1, 0.15) is 62.2 Å². The van der Waals surface area contributed by atoms with Crippen molar-refractivity contribution < 1.29 is 18.7 Å². The monoisotopic (exact) mass is 462 g/mol. The second-order valence-corrected chi connectivity index (χ2v) is 9.47. The summed E-state index contributed by atoms with van der Waals surface area (Å²) in [4.78, 5) is 27.4. The van der Waals surface area contributed by atoms with Crippen LogP contribution in [0.5, 0.6) is 0 Å². The summed E-state index contributed by atoms with van der Waals surface area (Å²) in [5, 5.41) is 3.60. The molecule has 7 heteroatoms. The molecule has 4 aromatic rings. The van der Waals surface area contributed by atoms with Gasteiger partial charge in [-0.3, -0.25) is 4.79 Å². The van der Waals surface area contributed by atoms with Gasteiger partial charge in [0, 0.05) is 23.6 Å². The van der Waals surface area contributed by atoms with E-state index in [2.05, 4.69) is 29.6 Å². The molecule has 3 heterocycles. The third-order valence-corrected chi connectivity index (χ3v) is 7.30. The average Bonchev–Trinajstić information content (AvgIpc) is 3.49. The lowest BCUT2D eigenvalue weighted by Crippen LogP contribution is -2.19. The number of carbonyl (C=O) groups excluding carboxylic acids is 2. The number of nitrogens with one attached hydrogen (secondary N) is 1. The summed E-state index contributed by atoms with van der Waals surface area (Å²) in [5.41, 5.74) is 5.83. The van der Waals surface area contributed by atoms with Crippen LogP contribution in [0.3, 0.4) is 0 Å². The van der Waals surface area contributed by atoms with E-state index in [0.29, 0.717) is 35.0 Å². The van der Waals surface area contributed by atoms with Crippen molar-refractivity contribution >= 4 is 39.3 Å². The number of nitrogens with zero attached hydrogens (tertiary/aromatic N) is 1. The molecule has 5 rings (SSSR count). The Balaban J connectivity index is 1.50. The highest BCUT2D eigenvalue weighted by Gasteiger charge is 2.28. The van der Waals surface area contributed by atoms with E-state index in [-0.39, 0.29) is 11.9 Å². The molecule has 0 atom stereocenters. The Hall–Kier alpha value is -3.32. The smallest absolute Gasteiger partial charge is 0.341 e. The highest BCUT2D eigenvalue weighted by atomic mass is 32.1. The quantitative estimate of drug-likeness (QED) is 0.359. The van der Waals surface area contributed by atoms with Crippen molar-refractivity contribution in [3.63, 3.8) is 0 Å². The van der Waals surface area contributed by atoms with Gasteiger partial charge in [0.2, 0.25) is 0 Å². The number of furan rings is 1. The molecular weight excluding hydrogens is 436 g/mol. The number of carbonyl (C=O) groups is 2. The van der Waals surface area contributed by atoms with Crippen LogP contribution >= 0.6 is 11.3 Å². The SMILES string of the molecule is CCOC(=O)c1c(NC(=O)c2cc3occc3n2Cc2ccc(C)cc2)sc2c1CCCC2. The number of anilines is 1. The molecule has 1 amide bonds. The molecule has 170 valence electrons. The zero-order chi connectivity index (χ0) is 22.9. The van der Waals surface area contributed by atoms with Crippen molar-refractivity contribution in [3.8, 4) is 0 Å². The van der Waals surface area contributed by atoms with E-state index >= 15 is 0 Å². The molecule has 0 radical (unpaired) electrons. The summed E-state index contributed by atoms with van der Waals surface area (Å²) in [5.74, 6) is -0.631. The number of aromatic nitrogens is 1. The molecule has 0 spiro atoms. The number of aryl methyl sites for hydroxylation is 2. The van der Waals surface area contributed by atoms with Gasteiger partial charge in [0.15, 0.2) is 5.58 Å². The number of fused-ring (bicyclic) bond motifs is 2. The number of rotatable bonds is 6. The molecule has 1 N–H and O–H groups in total. The third kappa shape index (κ3) is 4.09. The van der Waals surface area contributed by atoms with Gasteiger partial charge in [-0.25, -0.2) is 4.79 Å². The van der Waals surface area contributed by atoms with Crippen LogP contribution in [0.4, 0.5) is 5.00 Å². The zero-order valence-electron chi connectivity index (χ0n) is 18.8. The average molecular weight is 463 g/mol. The van der Waals surface area contributed by atoms with Gasteiger partial charge < -0.3 is 19.0 Å². The number of benzene rings is 1. The van der Waals surface area contributed by atoms with Crippen LogP contribution in [-0.4, -0.2) is 23.1 Å². The third-order valence-electron chi connectivity index (χ3n) is 6.09. The predicted molar refractivity (Wildman–Crippen MR) is 129 cm³/mol. The minimum atomic E-state index is -0.365. The Morgan fingerprint density at radius 2 is 1.94 bits per heavy atom. The molecule has 0 saturated heterocycles. The molecule has 0 unspecified atom stereocenters. The Morgan fingerprint density at radius 3 is 2.73 bits per heavy atom. The van der Waals surface area contributed by atoms with Crippen LogP contribution in [-0.2, 0) is 24.1 Å². The maximum absolute atomic E-state index is 13.5. The number of ether oxygens (including phenoxy) is 1. The first-order valence-electron chi connectivity index (χ1n) is 11.3. The Labute approximate surface area is 196 Å². The minimum absolute atomic E-state index is 0.266. The van der Waals surface area contributed by atoms with Crippen LogP contribution in [0.25, 0.3) is 11.1 Å². The van der Waals surface area contributed by atoms with Crippen molar-refractivity contribution in [2.75, 3.05) is 11.9 Å². The fourth-order valence-corrected chi connectivity index (χ4v) is 5.72. The first-order valence-corrected chi connectivity index (χ1v) is 12.1. The number of amides is 1. The summed E-state index contributed by atoms with van der Waals surface area (Å²) in [7, 11) is 0. The van der Waals surface area contributed by atoms with Gasteiger partial charge in [-0.2, -0.15) is 0 Å². The number of thiophene rings is 1. The second kappa shape index (κ2) is 8.90. The highest BCUT2D eigenvalue weighted by Crippen LogP contribution is 2.39. The summed E-state index contributed by atoms with van der Waals surface area (Å²) in [6.07, 6.45) is 5.54. The fourth-order valence-electron chi connectivity index (χ4n) is 4.45. The van der Waals surface area contributed by atoms with Crippen molar-refractivity contribution in [3.05, 3.63) is 75.5 Å². The van der Waals surface area contributed by atoms with Gasteiger partial charge >= 0.3 is 5.97 Å². The van der Waals surface area contributed by atoms with Crippen LogP contribution in [0.2, 0.25) is 0 Å². The maximum atomic E-state index is 13.5. The molecule has 0 bridgehead atoms. The summed E-state index contributed by atoms with van der Waals surface area (Å²) in [6.45, 7) is 4.68. The first kappa shape index (κ1) is 21.5. The second-order valence-electron chi connectivity index (χ2n) is 8.36. The highest BCUT2D eigenvalue weighted by molar-refractivity contribution is 7.17. The Kier molecular flexibility index (Phi) is 5.81. The van der Waals surface area contributed by atoms with E-state index in [1.165, 1.54) is 21.8 Å². The van der Waals surface area contributed by atoms with E-state index < -0.39 is 0 Å². The molecule has 0 fully saturated rings. The van der Waals surface area contributed by atoms with Gasteiger partial charge in [-0.15, -0.1) is 11.3 Å². The van der Waals surface area contributed by atoms with Crippen LogP contribution in [0, 0.1) is 6.92 Å². The van der Waals surface area contributed by atoms with Crippen molar-refractivity contribution in [2.24, 2.45) is 0 Å². The molecule has 33 heavy (non-hydrogen) atoms. The zero-order valence-corrected chi connectivity index (χ0v) is 19.6. The number of hydrogen-bond donors (Lipinski definition) is 1. The number of hydrogen-bond acceptors (Lipinski definition) is 5. The maximum Gasteiger partial charge on any atom is 0.341 e. The lowest BCUT2D eigenvalue weighted by molar-refractivity contribution is 0.0526. The lowest BCUT2D eigenvalue weighted by Gasteiger charge is -2.13. The molecule has 0 aliphatic heterocycles. The largest absolute Gasteiger partial charge is 0.463 e. The normalized spacial score (nSPS) is 13.2. The van der Waals surface area contributed by atoms with Crippen molar-refractivity contribution in [1.82, 2.24) is 4.57 Å². The predicted octanol–water partition coefficient (Wildman–Crippen LogP) is 5.96. The van der Waals surface area contributed by atoms with E-state index in [1.54, 1.807) is 19.3 Å². The van der Waals surface area contributed by atoms with Gasteiger partial charge in [0.1, 0.15) is 10.7 Å². The van der Waals surface area contributed by atoms with Crippen molar-refractivity contribution in [2.45, 2.75) is 46.1 Å².